The topological polar surface area (TPSA) is 128 Å². The van der Waals surface area contributed by atoms with Crippen LogP contribution in [0.1, 0.15) is 30.3 Å². The van der Waals surface area contributed by atoms with E-state index in [1.165, 1.54) is 16.6 Å². The normalized spacial score (nSPS) is 13.7. The maximum absolute atomic E-state index is 4.68. The second kappa shape index (κ2) is 9.13. The highest BCUT2D eigenvalue weighted by Crippen LogP contribution is 2.28. The largest absolute Gasteiger partial charge is 0.337 e. The van der Waals surface area contributed by atoms with Gasteiger partial charge in [0.15, 0.2) is 17.3 Å². The number of fused-ring (bicyclic) bond motifs is 1. The number of tetrazole rings is 1. The maximum atomic E-state index is 4.68. The van der Waals surface area contributed by atoms with Crippen LogP contribution in [0.15, 0.2) is 55.5 Å². The fourth-order valence-electron chi connectivity index (χ4n) is 4.22. The first-order valence-electron chi connectivity index (χ1n) is 11.7. The van der Waals surface area contributed by atoms with Crippen molar-refractivity contribution in [2.24, 2.45) is 0 Å². The molecule has 0 radical (unpaired) electrons. The number of anilines is 3. The molecule has 0 aliphatic carbocycles. The van der Waals surface area contributed by atoms with E-state index in [1.54, 1.807) is 6.20 Å². The number of aromatic nitrogens is 10. The molecule has 0 saturated heterocycles. The summed E-state index contributed by atoms with van der Waals surface area (Å²) in [4.78, 5) is 25.0. The van der Waals surface area contributed by atoms with Crippen LogP contribution in [0.5, 0.6) is 0 Å². The van der Waals surface area contributed by atoms with Crippen LogP contribution in [0.4, 0.5) is 17.5 Å². The van der Waals surface area contributed by atoms with Gasteiger partial charge in [-0.25, -0.2) is 24.9 Å². The van der Waals surface area contributed by atoms with Gasteiger partial charge in [-0.15, -0.1) is 5.10 Å². The highest BCUT2D eigenvalue weighted by molar-refractivity contribution is 5.75. The highest BCUT2D eigenvalue weighted by Gasteiger charge is 2.19. The molecule has 0 aromatic carbocycles. The summed E-state index contributed by atoms with van der Waals surface area (Å²) < 4.78 is 3.59. The summed E-state index contributed by atoms with van der Waals surface area (Å²) in [5, 5.41) is 14.6. The van der Waals surface area contributed by atoms with Crippen LogP contribution < -0.4 is 10.2 Å². The third-order valence-corrected chi connectivity index (χ3v) is 6.26. The van der Waals surface area contributed by atoms with Gasteiger partial charge in [0.1, 0.15) is 6.33 Å². The molecule has 1 N–H and O–H groups in total. The van der Waals surface area contributed by atoms with Gasteiger partial charge < -0.3 is 10.2 Å². The quantitative estimate of drug-likeness (QED) is 0.387. The van der Waals surface area contributed by atoms with Crippen molar-refractivity contribution in [1.29, 1.82) is 0 Å². The summed E-state index contributed by atoms with van der Waals surface area (Å²) in [6.07, 6.45) is 15.0. The number of imidazole rings is 1. The van der Waals surface area contributed by atoms with E-state index < -0.39 is 0 Å². The van der Waals surface area contributed by atoms with E-state index in [1.807, 2.05) is 43.8 Å². The van der Waals surface area contributed by atoms with Gasteiger partial charge in [-0.2, -0.15) is 4.68 Å². The van der Waals surface area contributed by atoms with Gasteiger partial charge in [0.2, 0.25) is 5.95 Å². The van der Waals surface area contributed by atoms with Crippen LogP contribution in [0.25, 0.3) is 17.0 Å². The van der Waals surface area contributed by atoms with Gasteiger partial charge in [-0.05, 0) is 53.5 Å². The lowest BCUT2D eigenvalue weighted by Crippen LogP contribution is -2.30. The average Bonchev–Trinajstić information content (AvgIpc) is 3.61. The van der Waals surface area contributed by atoms with Crippen molar-refractivity contribution < 1.29 is 0 Å². The van der Waals surface area contributed by atoms with Gasteiger partial charge in [0.05, 0.1) is 23.3 Å². The first-order chi connectivity index (χ1) is 17.7. The van der Waals surface area contributed by atoms with Crippen molar-refractivity contribution in [2.45, 2.75) is 26.7 Å². The number of nitrogens with zero attached hydrogens (tertiary/aromatic N) is 11. The molecule has 0 fully saturated rings. The summed E-state index contributed by atoms with van der Waals surface area (Å²) in [6, 6.07) is 3.78. The molecule has 0 bridgehead atoms. The average molecular weight is 481 g/mol. The molecule has 5 aromatic heterocycles. The van der Waals surface area contributed by atoms with Crippen molar-refractivity contribution >= 4 is 28.7 Å². The van der Waals surface area contributed by atoms with E-state index in [9.17, 15) is 0 Å². The lowest BCUT2D eigenvalue weighted by atomic mass is 10.1. The first-order valence-corrected chi connectivity index (χ1v) is 11.7. The van der Waals surface area contributed by atoms with Gasteiger partial charge in [0, 0.05) is 37.9 Å². The standard InChI is InChI=1S/C24H24N12/c1-3-17-12-27-24(28-13-17)34-9-6-18(7-10-34)20-14-26-23-22(25-8-11-35(20)23)31-19-4-5-21(30-16(19)2)36-15-29-32-33-36/h4-6,8,11-15H,3,7,9-10H2,1-2H3,(H,25,31). The van der Waals surface area contributed by atoms with Crippen LogP contribution >= 0.6 is 0 Å². The molecule has 0 amide bonds. The van der Waals surface area contributed by atoms with Crippen molar-refractivity contribution in [3.8, 4) is 5.82 Å². The fourth-order valence-corrected chi connectivity index (χ4v) is 4.22. The van der Waals surface area contributed by atoms with E-state index in [0.29, 0.717) is 11.6 Å². The zero-order valence-electron chi connectivity index (χ0n) is 19.9. The van der Waals surface area contributed by atoms with E-state index in [4.69, 9.17) is 0 Å². The molecule has 0 spiro atoms. The van der Waals surface area contributed by atoms with E-state index >= 15 is 0 Å². The fraction of sp³-hybridized carbons (Fsp3) is 0.250. The van der Waals surface area contributed by atoms with Crippen LogP contribution in [0.2, 0.25) is 0 Å². The zero-order valence-corrected chi connectivity index (χ0v) is 19.9. The van der Waals surface area contributed by atoms with E-state index in [0.717, 1.165) is 60.2 Å². The predicted molar refractivity (Wildman–Crippen MR) is 134 cm³/mol. The summed E-state index contributed by atoms with van der Waals surface area (Å²) >= 11 is 0. The molecule has 5 aromatic rings. The number of rotatable bonds is 6. The molecule has 1 aliphatic rings. The monoisotopic (exact) mass is 480 g/mol. The molecule has 36 heavy (non-hydrogen) atoms. The Morgan fingerprint density at radius 2 is 1.94 bits per heavy atom. The minimum absolute atomic E-state index is 0.641. The van der Waals surface area contributed by atoms with Gasteiger partial charge in [-0.3, -0.25) is 4.40 Å². The highest BCUT2D eigenvalue weighted by atomic mass is 15.5. The summed E-state index contributed by atoms with van der Waals surface area (Å²) in [5.41, 5.74) is 5.82. The van der Waals surface area contributed by atoms with Crippen LogP contribution in [-0.4, -0.2) is 62.6 Å². The number of aryl methyl sites for hydroxylation is 2. The Balaban J connectivity index is 1.23. The minimum atomic E-state index is 0.641. The van der Waals surface area contributed by atoms with Crippen molar-refractivity contribution in [2.75, 3.05) is 23.3 Å². The molecule has 0 atom stereocenters. The lowest BCUT2D eigenvalue weighted by Gasteiger charge is -2.26. The molecule has 12 nitrogen and oxygen atoms in total. The molecular formula is C24H24N12. The molecule has 0 unspecified atom stereocenters. The van der Waals surface area contributed by atoms with Crippen LogP contribution in [0.3, 0.4) is 0 Å². The van der Waals surface area contributed by atoms with Gasteiger partial charge in [-0.1, -0.05) is 13.0 Å². The second-order valence-electron chi connectivity index (χ2n) is 8.46. The Morgan fingerprint density at radius 3 is 2.67 bits per heavy atom. The second-order valence-corrected chi connectivity index (χ2v) is 8.46. The van der Waals surface area contributed by atoms with Crippen molar-refractivity contribution in [3.63, 3.8) is 0 Å². The molecule has 180 valence electrons. The molecular weight excluding hydrogens is 456 g/mol. The Hall–Kier alpha value is -4.74. The Kier molecular flexibility index (Phi) is 5.52. The summed E-state index contributed by atoms with van der Waals surface area (Å²) in [7, 11) is 0. The zero-order chi connectivity index (χ0) is 24.5. The third kappa shape index (κ3) is 4.02. The minimum Gasteiger partial charge on any atom is -0.337 e. The smallest absolute Gasteiger partial charge is 0.225 e. The third-order valence-electron chi connectivity index (χ3n) is 6.26. The van der Waals surface area contributed by atoms with E-state index in [-0.39, 0.29) is 0 Å². The Bertz CT molecular complexity index is 1540. The molecule has 0 saturated carbocycles. The lowest BCUT2D eigenvalue weighted by molar-refractivity contribution is 0.768. The number of nitrogens with one attached hydrogen (secondary N) is 1. The predicted octanol–water partition coefficient (Wildman–Crippen LogP) is 2.80. The summed E-state index contributed by atoms with van der Waals surface area (Å²) in [6.45, 7) is 5.63. The Morgan fingerprint density at radius 1 is 1.06 bits per heavy atom. The van der Waals surface area contributed by atoms with Crippen molar-refractivity contribution in [1.82, 2.24) is 49.5 Å². The van der Waals surface area contributed by atoms with Crippen LogP contribution in [0, 0.1) is 6.92 Å². The van der Waals surface area contributed by atoms with Gasteiger partial charge in [0.25, 0.3) is 0 Å². The van der Waals surface area contributed by atoms with Crippen LogP contribution in [-0.2, 0) is 6.42 Å². The molecule has 6 heterocycles. The van der Waals surface area contributed by atoms with Gasteiger partial charge >= 0.3 is 0 Å². The SMILES string of the molecule is CCc1cnc(N2CC=C(c3cnc4c(Nc5ccc(-n6cnnn6)nc5C)nccn34)CC2)nc1. The number of hydrogen-bond acceptors (Lipinski definition) is 10. The molecule has 1 aliphatic heterocycles. The van der Waals surface area contributed by atoms with Crippen molar-refractivity contribution in [3.05, 3.63) is 72.5 Å². The molecule has 12 heteroatoms. The van der Waals surface area contributed by atoms with E-state index in [2.05, 4.69) is 68.1 Å². The molecule has 6 rings (SSSR count). The summed E-state index contributed by atoms with van der Waals surface area (Å²) in [5.74, 6) is 2.07. The number of pyridine rings is 1. The maximum Gasteiger partial charge on any atom is 0.225 e. The Labute approximate surface area is 206 Å². The first kappa shape index (κ1) is 21.8. The number of hydrogen-bond donors (Lipinski definition) is 1.